The number of hydrogen-bond acceptors (Lipinski definition) is 3. The number of benzene rings is 1. The van der Waals surface area contributed by atoms with Crippen LogP contribution in [-0.4, -0.2) is 40.4 Å². The highest BCUT2D eigenvalue weighted by atomic mass is 32.2. The van der Waals surface area contributed by atoms with Gasteiger partial charge in [-0.05, 0) is 44.6 Å². The minimum Gasteiger partial charge on any atom is -0.490 e. The largest absolute Gasteiger partial charge is 0.490 e. The summed E-state index contributed by atoms with van der Waals surface area (Å²) in [6.07, 6.45) is 8.25. The molecule has 0 aliphatic heterocycles. The minimum absolute atomic E-state index is 0.316. The standard InChI is InChI=1S/C21H33N3O2S/c1-3-27(25)19-12-6-9-17(14-19)24-21(22-2)23-15-16-8-4-5-13-20(16)26-18-10-7-11-18/h4-5,8,13,17-19H,3,6-7,9-12,14-15H2,1-2H3,(H2,22,23,24). The van der Waals surface area contributed by atoms with Gasteiger partial charge in [0.15, 0.2) is 5.96 Å². The molecule has 0 spiro atoms. The Bertz CT molecular complexity index is 661. The highest BCUT2D eigenvalue weighted by Gasteiger charge is 2.26. The second-order valence-electron chi connectivity index (χ2n) is 7.50. The Balaban J connectivity index is 1.53. The molecule has 0 aromatic heterocycles. The van der Waals surface area contributed by atoms with Crippen LogP contribution in [0.5, 0.6) is 5.75 Å². The van der Waals surface area contributed by atoms with Crippen LogP contribution < -0.4 is 15.4 Å². The summed E-state index contributed by atoms with van der Waals surface area (Å²) in [7, 11) is 1.10. The molecule has 3 rings (SSSR count). The summed E-state index contributed by atoms with van der Waals surface area (Å²) in [5.41, 5.74) is 1.15. The summed E-state index contributed by atoms with van der Waals surface area (Å²) in [6.45, 7) is 2.69. The summed E-state index contributed by atoms with van der Waals surface area (Å²) in [5.74, 6) is 2.53. The molecule has 27 heavy (non-hydrogen) atoms. The van der Waals surface area contributed by atoms with Gasteiger partial charge in [0.2, 0.25) is 0 Å². The van der Waals surface area contributed by atoms with Crippen LogP contribution in [-0.2, 0) is 17.3 Å². The SMILES string of the molecule is CCS(=O)C1CCCC(NC(=NC)NCc2ccccc2OC2CCC2)C1. The van der Waals surface area contributed by atoms with Crippen LogP contribution in [0, 0.1) is 0 Å². The quantitative estimate of drug-likeness (QED) is 0.553. The van der Waals surface area contributed by atoms with E-state index in [1.165, 1.54) is 6.42 Å². The van der Waals surface area contributed by atoms with Gasteiger partial charge in [-0.3, -0.25) is 9.20 Å². The molecule has 0 saturated heterocycles. The van der Waals surface area contributed by atoms with Crippen molar-refractivity contribution in [3.8, 4) is 5.75 Å². The number of nitrogens with one attached hydrogen (secondary N) is 2. The van der Waals surface area contributed by atoms with Crippen LogP contribution in [0.2, 0.25) is 0 Å². The predicted molar refractivity (Wildman–Crippen MR) is 113 cm³/mol. The lowest BCUT2D eigenvalue weighted by atomic mass is 9.95. The molecule has 2 fully saturated rings. The normalized spacial score (nSPS) is 24.7. The van der Waals surface area contributed by atoms with E-state index in [-0.39, 0.29) is 0 Å². The fourth-order valence-electron chi connectivity index (χ4n) is 3.75. The average Bonchev–Trinajstić information content (AvgIpc) is 2.68. The molecule has 1 aromatic carbocycles. The maximum atomic E-state index is 12.2. The van der Waals surface area contributed by atoms with Crippen molar-refractivity contribution in [1.29, 1.82) is 0 Å². The van der Waals surface area contributed by atoms with Crippen molar-refractivity contribution in [1.82, 2.24) is 10.6 Å². The zero-order valence-electron chi connectivity index (χ0n) is 16.6. The smallest absolute Gasteiger partial charge is 0.191 e. The Morgan fingerprint density at radius 1 is 1.22 bits per heavy atom. The third-order valence-electron chi connectivity index (χ3n) is 5.61. The van der Waals surface area contributed by atoms with Crippen LogP contribution in [0.4, 0.5) is 0 Å². The van der Waals surface area contributed by atoms with Crippen molar-refractivity contribution in [2.45, 2.75) is 75.8 Å². The first-order chi connectivity index (χ1) is 13.2. The van der Waals surface area contributed by atoms with Crippen molar-refractivity contribution in [2.75, 3.05) is 12.8 Å². The second-order valence-corrected chi connectivity index (χ2v) is 9.51. The van der Waals surface area contributed by atoms with Gasteiger partial charge in [0.1, 0.15) is 5.75 Å². The first-order valence-corrected chi connectivity index (χ1v) is 11.7. The molecule has 0 heterocycles. The first-order valence-electron chi connectivity index (χ1n) is 10.3. The van der Waals surface area contributed by atoms with Crippen LogP contribution in [0.3, 0.4) is 0 Å². The van der Waals surface area contributed by atoms with Gasteiger partial charge in [-0.1, -0.05) is 31.5 Å². The fraction of sp³-hybridized carbons (Fsp3) is 0.667. The number of hydrogen-bond donors (Lipinski definition) is 2. The van der Waals surface area contributed by atoms with Crippen LogP contribution >= 0.6 is 0 Å². The van der Waals surface area contributed by atoms with E-state index in [1.54, 1.807) is 7.05 Å². The van der Waals surface area contributed by atoms with Crippen molar-refractivity contribution >= 4 is 16.8 Å². The van der Waals surface area contributed by atoms with Gasteiger partial charge in [0.05, 0.1) is 6.10 Å². The van der Waals surface area contributed by atoms with E-state index >= 15 is 0 Å². The number of aliphatic imine (C=N–C) groups is 1. The Morgan fingerprint density at radius 2 is 2.00 bits per heavy atom. The van der Waals surface area contributed by atoms with E-state index in [4.69, 9.17) is 4.74 Å². The van der Waals surface area contributed by atoms with Crippen LogP contribution in [0.1, 0.15) is 57.4 Å². The van der Waals surface area contributed by atoms with E-state index < -0.39 is 10.8 Å². The molecular formula is C21H33N3O2S. The summed E-state index contributed by atoms with van der Waals surface area (Å²) >= 11 is 0. The predicted octanol–water partition coefficient (Wildman–Crippen LogP) is 3.36. The molecule has 2 aliphatic carbocycles. The number of nitrogens with zero attached hydrogens (tertiary/aromatic N) is 1. The Morgan fingerprint density at radius 3 is 2.70 bits per heavy atom. The van der Waals surface area contributed by atoms with Gasteiger partial charge >= 0.3 is 0 Å². The van der Waals surface area contributed by atoms with E-state index in [9.17, 15) is 4.21 Å². The molecule has 150 valence electrons. The molecule has 5 nitrogen and oxygen atoms in total. The molecule has 2 aliphatic rings. The van der Waals surface area contributed by atoms with Crippen molar-refractivity contribution in [2.24, 2.45) is 4.99 Å². The molecule has 2 N–H and O–H groups in total. The fourth-order valence-corrected chi connectivity index (χ4v) is 5.10. The van der Waals surface area contributed by atoms with E-state index in [0.717, 1.165) is 61.6 Å². The molecule has 2 saturated carbocycles. The molecule has 1 aromatic rings. The lowest BCUT2D eigenvalue weighted by Gasteiger charge is -2.30. The zero-order valence-corrected chi connectivity index (χ0v) is 17.4. The Labute approximate surface area is 165 Å². The van der Waals surface area contributed by atoms with Crippen molar-refractivity contribution in [3.05, 3.63) is 29.8 Å². The highest BCUT2D eigenvalue weighted by molar-refractivity contribution is 7.85. The molecule has 3 unspecified atom stereocenters. The number of guanidine groups is 1. The highest BCUT2D eigenvalue weighted by Crippen LogP contribution is 2.27. The maximum Gasteiger partial charge on any atom is 0.191 e. The monoisotopic (exact) mass is 391 g/mol. The van der Waals surface area contributed by atoms with Gasteiger partial charge in [-0.2, -0.15) is 0 Å². The number of para-hydroxylation sites is 1. The van der Waals surface area contributed by atoms with E-state index in [0.29, 0.717) is 23.9 Å². The minimum atomic E-state index is -0.706. The summed E-state index contributed by atoms with van der Waals surface area (Å²) in [6, 6.07) is 8.58. The van der Waals surface area contributed by atoms with Gasteiger partial charge in [-0.25, -0.2) is 0 Å². The number of rotatable bonds is 7. The third-order valence-corrected chi connectivity index (χ3v) is 7.35. The van der Waals surface area contributed by atoms with Crippen molar-refractivity contribution < 1.29 is 8.95 Å². The topological polar surface area (TPSA) is 62.7 Å². The summed E-state index contributed by atoms with van der Waals surface area (Å²) in [4.78, 5) is 4.38. The molecule has 0 radical (unpaired) electrons. The molecule has 6 heteroatoms. The molecule has 3 atom stereocenters. The Hall–Kier alpha value is -1.56. The van der Waals surface area contributed by atoms with E-state index in [2.05, 4.69) is 27.8 Å². The van der Waals surface area contributed by atoms with Gasteiger partial charge in [0, 0.05) is 47.0 Å². The van der Waals surface area contributed by atoms with E-state index in [1.807, 2.05) is 19.1 Å². The lowest BCUT2D eigenvalue weighted by Crippen LogP contribution is -2.46. The zero-order chi connectivity index (χ0) is 19.1. The average molecular weight is 392 g/mol. The third kappa shape index (κ3) is 5.71. The lowest BCUT2D eigenvalue weighted by molar-refractivity contribution is 0.119. The second kappa shape index (κ2) is 10.1. The molecular weight excluding hydrogens is 358 g/mol. The molecule has 0 amide bonds. The maximum absolute atomic E-state index is 12.2. The summed E-state index contributed by atoms with van der Waals surface area (Å²) in [5, 5.41) is 7.27. The van der Waals surface area contributed by atoms with Crippen LogP contribution in [0.15, 0.2) is 29.3 Å². The van der Waals surface area contributed by atoms with Crippen molar-refractivity contribution in [3.63, 3.8) is 0 Å². The van der Waals surface area contributed by atoms with Gasteiger partial charge in [0.25, 0.3) is 0 Å². The van der Waals surface area contributed by atoms with Gasteiger partial charge < -0.3 is 15.4 Å². The summed E-state index contributed by atoms with van der Waals surface area (Å²) < 4.78 is 18.3. The van der Waals surface area contributed by atoms with Gasteiger partial charge in [-0.15, -0.1) is 0 Å². The first kappa shape index (κ1) is 20.2. The Kier molecular flexibility index (Phi) is 7.56. The number of ether oxygens (including phenoxy) is 1. The molecule has 0 bridgehead atoms. The van der Waals surface area contributed by atoms with Crippen LogP contribution in [0.25, 0.3) is 0 Å².